The zero-order valence-corrected chi connectivity index (χ0v) is 17.4. The molecule has 1 fully saturated rings. The lowest BCUT2D eigenvalue weighted by molar-refractivity contribution is -0.889. The Morgan fingerprint density at radius 2 is 1.75 bits per heavy atom. The first kappa shape index (κ1) is 20.6. The number of halogens is 1. The van der Waals surface area contributed by atoms with Gasteiger partial charge in [-0.3, -0.25) is 4.79 Å². The smallest absolute Gasteiger partial charge is 0.252 e. The predicted octanol–water partition coefficient (Wildman–Crippen LogP) is 4.31. The van der Waals surface area contributed by atoms with Gasteiger partial charge in [0.15, 0.2) is 0 Å². The molecule has 0 radical (unpaired) electrons. The fraction of sp³-hybridized carbons (Fsp3) is 0.391. The van der Waals surface area contributed by atoms with E-state index in [4.69, 9.17) is 17.0 Å². The maximum absolute atomic E-state index is 13.0. The second kappa shape index (κ2) is 8.89. The molecule has 0 aliphatic carbocycles. The van der Waals surface area contributed by atoms with Crippen LogP contribution in [0.1, 0.15) is 40.7 Å². The highest BCUT2D eigenvalue weighted by molar-refractivity contribution is 6.30. The quantitative estimate of drug-likeness (QED) is 0.572. The lowest BCUT2D eigenvalue weighted by Crippen LogP contribution is -2.41. The monoisotopic (exact) mass is 398 g/mol. The largest absolute Gasteiger partial charge is 0.349 e. The van der Waals surface area contributed by atoms with Gasteiger partial charge < -0.3 is 15.2 Å². The molecule has 28 heavy (non-hydrogen) atoms. The molecule has 3 rings (SSSR count). The fourth-order valence-electron chi connectivity index (χ4n) is 3.78. The topological polar surface area (TPSA) is 53.0 Å². The number of hydrogen-bond acceptors (Lipinski definition) is 2. The standard InChI is InChI=1S/C23H28ClN3O/c1-27(2)14-5-6-19(13-15-27)26-23(28)21-8-4-3-7-20(21)22(25)16-17-9-11-18(24)12-10-17/h3-4,7-12,19,25H,5-6,13-16H2,1-2H3/p+1. The van der Waals surface area contributed by atoms with Crippen LogP contribution in [0.3, 0.4) is 0 Å². The van der Waals surface area contributed by atoms with Crippen molar-refractivity contribution >= 4 is 23.2 Å². The Labute approximate surface area is 172 Å². The summed E-state index contributed by atoms with van der Waals surface area (Å²) in [6.07, 6.45) is 3.59. The summed E-state index contributed by atoms with van der Waals surface area (Å²) in [5.41, 5.74) is 2.72. The van der Waals surface area contributed by atoms with Gasteiger partial charge in [0.1, 0.15) is 0 Å². The molecular formula is C23H29ClN3O+. The minimum atomic E-state index is -0.0753. The van der Waals surface area contributed by atoms with Crippen molar-refractivity contribution in [1.82, 2.24) is 5.32 Å². The van der Waals surface area contributed by atoms with E-state index in [1.807, 2.05) is 48.5 Å². The molecule has 2 aromatic carbocycles. The van der Waals surface area contributed by atoms with Crippen LogP contribution in [0.25, 0.3) is 0 Å². The highest BCUT2D eigenvalue weighted by Crippen LogP contribution is 2.18. The van der Waals surface area contributed by atoms with Crippen molar-refractivity contribution in [2.45, 2.75) is 31.7 Å². The highest BCUT2D eigenvalue weighted by atomic mass is 35.5. The number of amides is 1. The van der Waals surface area contributed by atoms with E-state index in [1.54, 1.807) is 0 Å². The molecule has 5 heteroatoms. The van der Waals surface area contributed by atoms with Gasteiger partial charge in [0.2, 0.25) is 0 Å². The second-order valence-corrected chi connectivity index (χ2v) is 8.75. The van der Waals surface area contributed by atoms with Crippen LogP contribution in [0.15, 0.2) is 48.5 Å². The highest BCUT2D eigenvalue weighted by Gasteiger charge is 2.25. The summed E-state index contributed by atoms with van der Waals surface area (Å²) in [7, 11) is 4.50. The van der Waals surface area contributed by atoms with Gasteiger partial charge >= 0.3 is 0 Å². The van der Waals surface area contributed by atoms with Gasteiger partial charge in [-0.2, -0.15) is 0 Å². The zero-order valence-electron chi connectivity index (χ0n) is 16.7. The Balaban J connectivity index is 1.71. The Morgan fingerprint density at radius 1 is 1.07 bits per heavy atom. The fourth-order valence-corrected chi connectivity index (χ4v) is 3.91. The first-order valence-corrected chi connectivity index (χ1v) is 10.3. The molecule has 1 atom stereocenters. The van der Waals surface area contributed by atoms with Crippen LogP contribution in [0.2, 0.25) is 5.02 Å². The number of likely N-dealkylation sites (tertiary alicyclic amines) is 1. The van der Waals surface area contributed by atoms with E-state index in [-0.39, 0.29) is 11.9 Å². The zero-order chi connectivity index (χ0) is 20.1. The molecule has 0 spiro atoms. The third kappa shape index (κ3) is 5.43. The Morgan fingerprint density at radius 3 is 2.46 bits per heavy atom. The summed E-state index contributed by atoms with van der Waals surface area (Å²) in [6.45, 7) is 2.22. The molecule has 4 nitrogen and oxygen atoms in total. The average Bonchev–Trinajstić information content (AvgIpc) is 2.84. The number of quaternary nitrogens is 1. The summed E-state index contributed by atoms with van der Waals surface area (Å²) < 4.78 is 1.01. The number of carbonyl (C=O) groups is 1. The molecule has 1 amide bonds. The Bertz CT molecular complexity index is 845. The number of nitrogens with zero attached hydrogens (tertiary/aromatic N) is 1. The Hall–Kier alpha value is -2.17. The first-order valence-electron chi connectivity index (χ1n) is 9.88. The summed E-state index contributed by atoms with van der Waals surface area (Å²) in [5, 5.41) is 12.4. The number of carbonyl (C=O) groups excluding carboxylic acids is 1. The van der Waals surface area contributed by atoms with Gasteiger partial charge in [0, 0.05) is 40.7 Å². The van der Waals surface area contributed by atoms with E-state index in [9.17, 15) is 4.79 Å². The lowest BCUT2D eigenvalue weighted by atomic mass is 9.97. The maximum atomic E-state index is 13.0. The van der Waals surface area contributed by atoms with Crippen LogP contribution in [0.5, 0.6) is 0 Å². The van der Waals surface area contributed by atoms with Crippen molar-refractivity contribution in [3.63, 3.8) is 0 Å². The molecule has 0 aromatic heterocycles. The van der Waals surface area contributed by atoms with Crippen molar-refractivity contribution in [1.29, 1.82) is 5.41 Å². The molecule has 1 saturated heterocycles. The summed E-state index contributed by atoms with van der Waals surface area (Å²) in [4.78, 5) is 13.0. The van der Waals surface area contributed by atoms with Gasteiger partial charge in [-0.05, 0) is 36.6 Å². The number of benzene rings is 2. The average molecular weight is 399 g/mol. The van der Waals surface area contributed by atoms with Crippen LogP contribution in [-0.2, 0) is 6.42 Å². The molecule has 1 aliphatic heterocycles. The lowest BCUT2D eigenvalue weighted by Gasteiger charge is -2.27. The number of nitrogens with one attached hydrogen (secondary N) is 2. The van der Waals surface area contributed by atoms with E-state index >= 15 is 0 Å². The van der Waals surface area contributed by atoms with E-state index in [1.165, 1.54) is 0 Å². The molecule has 148 valence electrons. The number of rotatable bonds is 5. The van der Waals surface area contributed by atoms with Crippen LogP contribution in [-0.4, -0.2) is 49.3 Å². The van der Waals surface area contributed by atoms with Gasteiger partial charge in [0.25, 0.3) is 5.91 Å². The van der Waals surface area contributed by atoms with Crippen molar-refractivity contribution in [3.05, 3.63) is 70.2 Å². The SMILES string of the molecule is C[N+]1(C)CCCC(NC(=O)c2ccccc2C(=N)Cc2ccc(Cl)cc2)CC1. The van der Waals surface area contributed by atoms with E-state index in [0.717, 1.165) is 42.4 Å². The second-order valence-electron chi connectivity index (χ2n) is 8.31. The van der Waals surface area contributed by atoms with Crippen molar-refractivity contribution in [3.8, 4) is 0 Å². The van der Waals surface area contributed by atoms with Crippen LogP contribution < -0.4 is 5.32 Å². The molecule has 2 aromatic rings. The van der Waals surface area contributed by atoms with Crippen molar-refractivity contribution < 1.29 is 9.28 Å². The van der Waals surface area contributed by atoms with Gasteiger partial charge in [-0.25, -0.2) is 0 Å². The third-order valence-electron chi connectivity index (χ3n) is 5.53. The molecule has 1 heterocycles. The van der Waals surface area contributed by atoms with E-state index < -0.39 is 0 Å². The van der Waals surface area contributed by atoms with Crippen LogP contribution >= 0.6 is 11.6 Å². The van der Waals surface area contributed by atoms with E-state index in [0.29, 0.717) is 28.3 Å². The van der Waals surface area contributed by atoms with Gasteiger partial charge in [-0.15, -0.1) is 0 Å². The van der Waals surface area contributed by atoms with Crippen LogP contribution in [0, 0.1) is 5.41 Å². The molecule has 0 saturated carbocycles. The van der Waals surface area contributed by atoms with Crippen LogP contribution in [0.4, 0.5) is 0 Å². The van der Waals surface area contributed by atoms with E-state index in [2.05, 4.69) is 19.4 Å². The molecular weight excluding hydrogens is 370 g/mol. The summed E-state index contributed by atoms with van der Waals surface area (Å²) in [6, 6.07) is 15.1. The minimum Gasteiger partial charge on any atom is -0.349 e. The maximum Gasteiger partial charge on any atom is 0.252 e. The number of hydrogen-bond donors (Lipinski definition) is 2. The summed E-state index contributed by atoms with van der Waals surface area (Å²) in [5.74, 6) is -0.0753. The molecule has 2 N–H and O–H groups in total. The minimum absolute atomic E-state index is 0.0753. The Kier molecular flexibility index (Phi) is 6.53. The predicted molar refractivity (Wildman–Crippen MR) is 115 cm³/mol. The third-order valence-corrected chi connectivity index (χ3v) is 5.78. The van der Waals surface area contributed by atoms with Crippen molar-refractivity contribution in [2.24, 2.45) is 0 Å². The van der Waals surface area contributed by atoms with Gasteiger partial charge in [0.05, 0.1) is 27.2 Å². The molecule has 0 bridgehead atoms. The normalized spacial score (nSPS) is 18.9. The summed E-state index contributed by atoms with van der Waals surface area (Å²) >= 11 is 5.95. The van der Waals surface area contributed by atoms with Crippen molar-refractivity contribution in [2.75, 3.05) is 27.2 Å². The first-order chi connectivity index (χ1) is 13.3. The molecule has 1 unspecified atom stereocenters. The molecule has 1 aliphatic rings. The van der Waals surface area contributed by atoms with Gasteiger partial charge in [-0.1, -0.05) is 41.9 Å².